The summed E-state index contributed by atoms with van der Waals surface area (Å²) in [7, 11) is 0. The molecule has 1 unspecified atom stereocenters. The molecule has 7 nitrogen and oxygen atoms in total. The zero-order valence-corrected chi connectivity index (χ0v) is 23.9. The lowest BCUT2D eigenvalue weighted by molar-refractivity contribution is -0.132. The lowest BCUT2D eigenvalue weighted by atomic mass is 9.94. The van der Waals surface area contributed by atoms with Gasteiger partial charge < -0.3 is 19.7 Å². The van der Waals surface area contributed by atoms with Crippen LogP contribution in [0.25, 0.3) is 5.76 Å². The van der Waals surface area contributed by atoms with E-state index in [0.29, 0.717) is 35.0 Å². The van der Waals surface area contributed by atoms with E-state index in [2.05, 4.69) is 0 Å². The number of Topliss-reactive ketones (excluding diaryl/α,β-unsaturated/α-hetero) is 1. The quantitative estimate of drug-likeness (QED) is 0.110. The lowest BCUT2D eigenvalue weighted by Gasteiger charge is -2.26. The van der Waals surface area contributed by atoms with Crippen molar-refractivity contribution in [2.75, 3.05) is 4.90 Å². The molecule has 1 atom stereocenters. The Kier molecular flexibility index (Phi) is 7.84. The number of aromatic hydroxyl groups is 1. The van der Waals surface area contributed by atoms with Crippen LogP contribution < -0.4 is 14.4 Å². The molecule has 1 saturated heterocycles. The Morgan fingerprint density at radius 3 is 2.18 bits per heavy atom. The van der Waals surface area contributed by atoms with Gasteiger partial charge in [-0.1, -0.05) is 72.8 Å². The number of amides is 1. The minimum absolute atomic E-state index is 0.104. The van der Waals surface area contributed by atoms with E-state index in [1.807, 2.05) is 67.6 Å². The highest BCUT2D eigenvalue weighted by Crippen LogP contribution is 2.45. The summed E-state index contributed by atoms with van der Waals surface area (Å²) in [6.45, 7) is 2.22. The Morgan fingerprint density at radius 1 is 0.773 bits per heavy atom. The first-order valence-electron chi connectivity index (χ1n) is 14.1. The number of nitrogens with zero attached hydrogens (tertiary/aromatic N) is 1. The van der Waals surface area contributed by atoms with E-state index < -0.39 is 17.7 Å². The number of anilines is 1. The molecule has 6 rings (SSSR count). The van der Waals surface area contributed by atoms with Crippen molar-refractivity contribution in [3.63, 3.8) is 0 Å². The van der Waals surface area contributed by atoms with Gasteiger partial charge in [0.2, 0.25) is 0 Å². The molecule has 1 fully saturated rings. The fourth-order valence-electron chi connectivity index (χ4n) is 5.29. The van der Waals surface area contributed by atoms with Gasteiger partial charge >= 0.3 is 0 Å². The molecule has 5 aromatic carbocycles. The second-order valence-electron chi connectivity index (χ2n) is 10.4. The smallest absolute Gasteiger partial charge is 0.300 e. The molecule has 2 N–H and O–H groups in total. The molecular formula is C37H29NO6. The number of para-hydroxylation sites is 3. The van der Waals surface area contributed by atoms with Crippen molar-refractivity contribution in [2.24, 2.45) is 0 Å². The molecule has 44 heavy (non-hydrogen) atoms. The zero-order chi connectivity index (χ0) is 30.6. The second-order valence-corrected chi connectivity index (χ2v) is 10.4. The predicted molar refractivity (Wildman–Crippen MR) is 168 cm³/mol. The van der Waals surface area contributed by atoms with E-state index in [0.717, 1.165) is 11.1 Å². The maximum Gasteiger partial charge on any atom is 0.300 e. The number of hydrogen-bond donors (Lipinski definition) is 2. The summed E-state index contributed by atoms with van der Waals surface area (Å²) in [6, 6.07) is 36.3. The van der Waals surface area contributed by atoms with Gasteiger partial charge in [0.1, 0.15) is 35.4 Å². The third kappa shape index (κ3) is 5.63. The van der Waals surface area contributed by atoms with Crippen LogP contribution >= 0.6 is 0 Å². The first-order chi connectivity index (χ1) is 21.4. The van der Waals surface area contributed by atoms with Crippen molar-refractivity contribution >= 4 is 23.1 Å². The molecule has 1 aliphatic rings. The van der Waals surface area contributed by atoms with E-state index in [1.54, 1.807) is 60.7 Å². The van der Waals surface area contributed by atoms with Gasteiger partial charge in [0.25, 0.3) is 11.7 Å². The number of ether oxygens (including phenoxy) is 2. The molecule has 5 aromatic rings. The maximum absolute atomic E-state index is 13.6. The number of hydrogen-bond acceptors (Lipinski definition) is 6. The third-order valence-electron chi connectivity index (χ3n) is 7.42. The standard InChI is InChI=1S/C37H29NO6/c1-24-21-27(19-20-32(24)43-23-25-11-4-2-5-12-25)35(40)33-34(38(37(42)36(33)41)30-17-8-9-18-31(30)39)26-13-10-16-29(22-26)44-28-14-6-3-7-15-28/h2-22,34,39-40H,23H2,1H3/b35-33+. The van der Waals surface area contributed by atoms with Crippen LogP contribution in [0.1, 0.15) is 28.3 Å². The topological polar surface area (TPSA) is 96.3 Å². The number of aliphatic hydroxyl groups excluding tert-OH is 1. The average molecular weight is 584 g/mol. The molecule has 0 aromatic heterocycles. The largest absolute Gasteiger partial charge is 0.507 e. The summed E-state index contributed by atoms with van der Waals surface area (Å²) in [4.78, 5) is 28.4. The number of benzene rings is 5. The van der Waals surface area contributed by atoms with E-state index in [-0.39, 0.29) is 22.8 Å². The summed E-state index contributed by atoms with van der Waals surface area (Å²) in [5, 5.41) is 22.4. The molecular weight excluding hydrogens is 554 g/mol. The third-order valence-corrected chi connectivity index (χ3v) is 7.42. The van der Waals surface area contributed by atoms with E-state index >= 15 is 0 Å². The number of phenols is 1. The van der Waals surface area contributed by atoms with Crippen molar-refractivity contribution in [3.05, 3.63) is 155 Å². The Hall–Kier alpha value is -5.82. The molecule has 0 spiro atoms. The Balaban J connectivity index is 1.42. The van der Waals surface area contributed by atoms with Crippen LogP contribution in [0.4, 0.5) is 5.69 Å². The first-order valence-corrected chi connectivity index (χ1v) is 14.1. The fourth-order valence-corrected chi connectivity index (χ4v) is 5.29. The van der Waals surface area contributed by atoms with Crippen LogP contribution in [0.2, 0.25) is 0 Å². The van der Waals surface area contributed by atoms with Crippen molar-refractivity contribution in [3.8, 4) is 23.0 Å². The number of aryl methyl sites for hydroxylation is 1. The number of carbonyl (C=O) groups is 2. The molecule has 1 aliphatic heterocycles. The number of phenolic OH excluding ortho intramolecular Hbond substituents is 1. The summed E-state index contributed by atoms with van der Waals surface area (Å²) in [6.07, 6.45) is 0. The van der Waals surface area contributed by atoms with Crippen LogP contribution in [-0.4, -0.2) is 21.9 Å². The van der Waals surface area contributed by atoms with Crippen LogP contribution in [0.5, 0.6) is 23.0 Å². The Labute approximate surface area is 254 Å². The fraction of sp³-hybridized carbons (Fsp3) is 0.0811. The number of rotatable bonds is 8. The lowest BCUT2D eigenvalue weighted by Crippen LogP contribution is -2.29. The minimum atomic E-state index is -1.04. The van der Waals surface area contributed by atoms with Crippen LogP contribution in [0.15, 0.2) is 133 Å². The van der Waals surface area contributed by atoms with E-state index in [1.165, 1.54) is 11.0 Å². The molecule has 0 bridgehead atoms. The highest BCUT2D eigenvalue weighted by atomic mass is 16.5. The molecule has 1 amide bonds. The van der Waals surface area contributed by atoms with Gasteiger partial charge in [0.15, 0.2) is 0 Å². The number of aliphatic hydroxyl groups is 1. The second kappa shape index (κ2) is 12.2. The predicted octanol–water partition coefficient (Wildman–Crippen LogP) is 7.70. The SMILES string of the molecule is Cc1cc(/C(O)=C2\C(=O)C(=O)N(c3ccccc3O)C2c2cccc(Oc3ccccc3)c2)ccc1OCc1ccccc1. The van der Waals surface area contributed by atoms with Gasteiger partial charge in [0, 0.05) is 5.56 Å². The molecule has 7 heteroatoms. The Bertz CT molecular complexity index is 1870. The monoisotopic (exact) mass is 583 g/mol. The van der Waals surface area contributed by atoms with E-state index in [9.17, 15) is 19.8 Å². The molecule has 218 valence electrons. The van der Waals surface area contributed by atoms with Crippen LogP contribution in [-0.2, 0) is 16.2 Å². The zero-order valence-electron chi connectivity index (χ0n) is 23.9. The highest BCUT2D eigenvalue weighted by molar-refractivity contribution is 6.52. The average Bonchev–Trinajstić information content (AvgIpc) is 3.31. The van der Waals surface area contributed by atoms with E-state index in [4.69, 9.17) is 9.47 Å². The normalized spacial score (nSPS) is 15.8. The van der Waals surface area contributed by atoms with Crippen molar-refractivity contribution in [1.29, 1.82) is 0 Å². The first kappa shape index (κ1) is 28.3. The summed E-state index contributed by atoms with van der Waals surface area (Å²) in [5.41, 5.74) is 2.67. The summed E-state index contributed by atoms with van der Waals surface area (Å²) >= 11 is 0. The van der Waals surface area contributed by atoms with Crippen molar-refractivity contribution in [1.82, 2.24) is 0 Å². The van der Waals surface area contributed by atoms with Crippen molar-refractivity contribution in [2.45, 2.75) is 19.6 Å². The van der Waals surface area contributed by atoms with Gasteiger partial charge in [0.05, 0.1) is 17.3 Å². The molecule has 0 radical (unpaired) electrons. The Morgan fingerprint density at radius 2 is 1.45 bits per heavy atom. The molecule has 0 aliphatic carbocycles. The van der Waals surface area contributed by atoms with Crippen LogP contribution in [0, 0.1) is 6.92 Å². The molecule has 0 saturated carbocycles. The van der Waals surface area contributed by atoms with Gasteiger partial charge in [-0.15, -0.1) is 0 Å². The number of carbonyl (C=O) groups excluding carboxylic acids is 2. The van der Waals surface area contributed by atoms with Gasteiger partial charge in [-0.2, -0.15) is 0 Å². The van der Waals surface area contributed by atoms with Gasteiger partial charge in [-0.25, -0.2) is 0 Å². The van der Waals surface area contributed by atoms with Crippen LogP contribution in [0.3, 0.4) is 0 Å². The number of ketones is 1. The summed E-state index contributed by atoms with van der Waals surface area (Å²) in [5.74, 6) is -0.525. The maximum atomic E-state index is 13.6. The van der Waals surface area contributed by atoms with Gasteiger partial charge in [-0.3, -0.25) is 14.5 Å². The van der Waals surface area contributed by atoms with Crippen molar-refractivity contribution < 1.29 is 29.3 Å². The highest BCUT2D eigenvalue weighted by Gasteiger charge is 2.47. The van der Waals surface area contributed by atoms with Gasteiger partial charge in [-0.05, 0) is 78.2 Å². The summed E-state index contributed by atoms with van der Waals surface area (Å²) < 4.78 is 12.0. The minimum Gasteiger partial charge on any atom is -0.507 e. The molecule has 1 heterocycles.